The summed E-state index contributed by atoms with van der Waals surface area (Å²) in [5.41, 5.74) is 1.23. The molecule has 152 valence electrons. The maximum atomic E-state index is 11.8. The molecule has 0 atom stereocenters. The molecule has 7 nitrogen and oxygen atoms in total. The van der Waals surface area contributed by atoms with E-state index >= 15 is 0 Å². The van der Waals surface area contributed by atoms with Gasteiger partial charge in [-0.25, -0.2) is 14.8 Å². The molecule has 3 rings (SSSR count). The van der Waals surface area contributed by atoms with Crippen LogP contribution in [0.5, 0.6) is 5.88 Å². The van der Waals surface area contributed by atoms with Gasteiger partial charge in [-0.15, -0.1) is 0 Å². The van der Waals surface area contributed by atoms with Crippen LogP contribution >= 0.6 is 0 Å². The summed E-state index contributed by atoms with van der Waals surface area (Å²) in [4.78, 5) is 23.5. The van der Waals surface area contributed by atoms with E-state index < -0.39 is 5.60 Å². The van der Waals surface area contributed by atoms with Gasteiger partial charge in [-0.3, -0.25) is 0 Å². The number of hydrogen-bond donors (Lipinski definition) is 1. The van der Waals surface area contributed by atoms with Gasteiger partial charge in [0.1, 0.15) is 5.60 Å². The number of nitrogens with zero attached hydrogens (tertiary/aromatic N) is 3. The Morgan fingerprint density at radius 1 is 1.18 bits per heavy atom. The molecule has 1 amide bonds. The van der Waals surface area contributed by atoms with Gasteiger partial charge in [0.15, 0.2) is 5.82 Å². The Hall–Kier alpha value is -2.57. The van der Waals surface area contributed by atoms with Gasteiger partial charge in [0.05, 0.1) is 17.6 Å². The van der Waals surface area contributed by atoms with Crippen LogP contribution in [-0.4, -0.2) is 47.9 Å². The molecule has 1 saturated heterocycles. The van der Waals surface area contributed by atoms with Gasteiger partial charge in [0, 0.05) is 19.6 Å². The molecule has 28 heavy (non-hydrogen) atoms. The minimum absolute atomic E-state index is 0.353. The smallest absolute Gasteiger partial charge is 0.407 e. The molecule has 1 aromatic carbocycles. The van der Waals surface area contributed by atoms with Crippen molar-refractivity contribution in [3.05, 3.63) is 24.3 Å². The molecule has 7 heteroatoms. The SMILES string of the molecule is CCOc1nc2ccccc2nc1N1CCC(CNC(=O)OC(C)(C)C)CC1. The molecule has 1 aliphatic rings. The number of para-hydroxylation sites is 2. The molecule has 2 aromatic rings. The second kappa shape index (κ2) is 8.63. The molecule has 0 unspecified atom stereocenters. The second-order valence-electron chi connectivity index (χ2n) is 8.09. The van der Waals surface area contributed by atoms with E-state index in [4.69, 9.17) is 14.5 Å². The normalized spacial score (nSPS) is 15.5. The minimum atomic E-state index is -0.474. The van der Waals surface area contributed by atoms with Gasteiger partial charge in [0.25, 0.3) is 5.88 Å². The van der Waals surface area contributed by atoms with E-state index in [9.17, 15) is 4.79 Å². The van der Waals surface area contributed by atoms with Crippen molar-refractivity contribution in [3.63, 3.8) is 0 Å². The number of piperidine rings is 1. The third-order valence-corrected chi connectivity index (χ3v) is 4.65. The number of carbonyl (C=O) groups excluding carboxylic acids is 1. The van der Waals surface area contributed by atoms with Crippen LogP contribution in [0.15, 0.2) is 24.3 Å². The van der Waals surface area contributed by atoms with E-state index in [1.54, 1.807) is 0 Å². The molecule has 0 bridgehead atoms. The van der Waals surface area contributed by atoms with Crippen molar-refractivity contribution in [1.29, 1.82) is 0 Å². The number of carbonyl (C=O) groups is 1. The van der Waals surface area contributed by atoms with Crippen LogP contribution in [0.4, 0.5) is 10.6 Å². The highest BCUT2D eigenvalue weighted by Crippen LogP contribution is 2.30. The number of rotatable bonds is 5. The first kappa shape index (κ1) is 20.2. The zero-order chi connectivity index (χ0) is 20.1. The van der Waals surface area contributed by atoms with Crippen LogP contribution in [0.25, 0.3) is 11.0 Å². The molecule has 0 spiro atoms. The lowest BCUT2D eigenvalue weighted by Crippen LogP contribution is -2.40. The van der Waals surface area contributed by atoms with Crippen LogP contribution in [0.3, 0.4) is 0 Å². The number of anilines is 1. The summed E-state index contributed by atoms with van der Waals surface area (Å²) in [7, 11) is 0. The standard InChI is InChI=1S/C21H30N4O3/c1-5-27-19-18(23-16-8-6-7-9-17(16)24-19)25-12-10-15(11-13-25)14-22-20(26)28-21(2,3)4/h6-9,15H,5,10-14H2,1-4H3,(H,22,26). The van der Waals surface area contributed by atoms with Gasteiger partial charge in [0.2, 0.25) is 0 Å². The maximum Gasteiger partial charge on any atom is 0.407 e. The number of alkyl carbamates (subject to hydrolysis) is 1. The lowest BCUT2D eigenvalue weighted by Gasteiger charge is -2.33. The summed E-state index contributed by atoms with van der Waals surface area (Å²) >= 11 is 0. The first-order chi connectivity index (χ1) is 13.4. The molecule has 0 radical (unpaired) electrons. The first-order valence-corrected chi connectivity index (χ1v) is 9.97. The van der Waals surface area contributed by atoms with Gasteiger partial charge >= 0.3 is 6.09 Å². The predicted octanol–water partition coefficient (Wildman–Crippen LogP) is 3.77. The molecule has 0 saturated carbocycles. The van der Waals surface area contributed by atoms with E-state index in [0.717, 1.165) is 42.8 Å². The zero-order valence-corrected chi connectivity index (χ0v) is 17.2. The summed E-state index contributed by atoms with van der Waals surface area (Å²) in [5.74, 6) is 1.82. The van der Waals surface area contributed by atoms with Gasteiger partial charge in [-0.2, -0.15) is 0 Å². The van der Waals surface area contributed by atoms with Crippen molar-refractivity contribution in [2.45, 2.75) is 46.1 Å². The van der Waals surface area contributed by atoms with Crippen molar-refractivity contribution >= 4 is 22.9 Å². The molecule has 1 aliphatic heterocycles. The Morgan fingerprint density at radius 2 is 1.82 bits per heavy atom. The second-order valence-corrected chi connectivity index (χ2v) is 8.09. The monoisotopic (exact) mass is 386 g/mol. The largest absolute Gasteiger partial charge is 0.475 e. The number of benzene rings is 1. The molecule has 2 heterocycles. The first-order valence-electron chi connectivity index (χ1n) is 9.97. The van der Waals surface area contributed by atoms with Crippen molar-refractivity contribution in [2.24, 2.45) is 5.92 Å². The van der Waals surface area contributed by atoms with Crippen molar-refractivity contribution in [2.75, 3.05) is 31.1 Å². The molecule has 1 fully saturated rings. The highest BCUT2D eigenvalue weighted by Gasteiger charge is 2.25. The van der Waals surface area contributed by atoms with E-state index in [1.165, 1.54) is 0 Å². The van der Waals surface area contributed by atoms with Crippen molar-refractivity contribution < 1.29 is 14.3 Å². The average Bonchev–Trinajstić information content (AvgIpc) is 2.65. The summed E-state index contributed by atoms with van der Waals surface area (Å²) in [5, 5.41) is 2.89. The Labute approximate surface area is 166 Å². The number of hydrogen-bond acceptors (Lipinski definition) is 6. The Kier molecular flexibility index (Phi) is 6.21. The molecule has 1 N–H and O–H groups in total. The summed E-state index contributed by atoms with van der Waals surface area (Å²) in [6, 6.07) is 7.84. The predicted molar refractivity (Wildman–Crippen MR) is 110 cm³/mol. The number of nitrogens with one attached hydrogen (secondary N) is 1. The Balaban J connectivity index is 1.61. The van der Waals surface area contributed by atoms with Gasteiger partial charge in [-0.1, -0.05) is 12.1 Å². The molecular weight excluding hydrogens is 356 g/mol. The maximum absolute atomic E-state index is 11.8. The number of ether oxygens (including phenoxy) is 2. The van der Waals surface area contributed by atoms with Crippen LogP contribution in [0.2, 0.25) is 0 Å². The van der Waals surface area contributed by atoms with Gasteiger partial charge in [-0.05, 0) is 58.6 Å². The highest BCUT2D eigenvalue weighted by molar-refractivity contribution is 5.77. The average molecular weight is 386 g/mol. The van der Waals surface area contributed by atoms with E-state index in [2.05, 4.69) is 15.2 Å². The third kappa shape index (κ3) is 5.24. The summed E-state index contributed by atoms with van der Waals surface area (Å²) in [6.07, 6.45) is 1.58. The van der Waals surface area contributed by atoms with E-state index in [0.29, 0.717) is 24.9 Å². The topological polar surface area (TPSA) is 76.6 Å². The number of aromatic nitrogens is 2. The third-order valence-electron chi connectivity index (χ3n) is 4.65. The quantitative estimate of drug-likeness (QED) is 0.843. The highest BCUT2D eigenvalue weighted by atomic mass is 16.6. The minimum Gasteiger partial charge on any atom is -0.475 e. The van der Waals surface area contributed by atoms with Crippen molar-refractivity contribution in [3.8, 4) is 5.88 Å². The van der Waals surface area contributed by atoms with E-state index in [1.807, 2.05) is 52.0 Å². The van der Waals surface area contributed by atoms with Gasteiger partial charge < -0.3 is 19.7 Å². The zero-order valence-electron chi connectivity index (χ0n) is 17.2. The lowest BCUT2D eigenvalue weighted by molar-refractivity contribution is 0.0517. The number of fused-ring (bicyclic) bond motifs is 1. The number of amides is 1. The fourth-order valence-corrected chi connectivity index (χ4v) is 3.30. The Bertz CT molecular complexity index is 811. The summed E-state index contributed by atoms with van der Waals surface area (Å²) in [6.45, 7) is 10.4. The Morgan fingerprint density at radius 3 is 2.43 bits per heavy atom. The fraction of sp³-hybridized carbons (Fsp3) is 0.571. The molecule has 0 aliphatic carbocycles. The van der Waals surface area contributed by atoms with Crippen LogP contribution in [-0.2, 0) is 4.74 Å². The van der Waals surface area contributed by atoms with Crippen LogP contribution in [0.1, 0.15) is 40.5 Å². The molecule has 1 aromatic heterocycles. The molecular formula is C21H30N4O3. The summed E-state index contributed by atoms with van der Waals surface area (Å²) < 4.78 is 11.1. The van der Waals surface area contributed by atoms with Crippen LogP contribution in [0, 0.1) is 5.92 Å². The van der Waals surface area contributed by atoms with Crippen molar-refractivity contribution in [1.82, 2.24) is 15.3 Å². The van der Waals surface area contributed by atoms with Crippen LogP contribution < -0.4 is 15.0 Å². The fourth-order valence-electron chi connectivity index (χ4n) is 3.30. The van der Waals surface area contributed by atoms with E-state index in [-0.39, 0.29) is 6.09 Å². The lowest BCUT2D eigenvalue weighted by atomic mass is 9.97.